The number of allylic oxidation sites excluding steroid dienone is 1. The molecule has 6 heteroatoms. The molecule has 1 atom stereocenters. The van der Waals surface area contributed by atoms with Gasteiger partial charge in [-0.05, 0) is 65.9 Å². The van der Waals surface area contributed by atoms with Gasteiger partial charge in [0.1, 0.15) is 0 Å². The standard InChI is InChI=1S/C61H42N4O2/c1-39-21-32-50-51-33-30-47(46-31-34-56-52(36-46)49-19-11-12-20-55(49)64(56)48-17-9-4-10-18-48)37-58(51)65(57(50)35-39)61-62-53(40-22-26-44(27-23-40)59(66)42-13-5-2-6-14-42)38-54(63-61)41-24-28-45(29-25-41)60(67)43-15-7-3-8-16-43/h2-34,36-39H,35H2,1H3. The van der Waals surface area contributed by atoms with Crippen LogP contribution < -0.4 is 0 Å². The van der Waals surface area contributed by atoms with E-state index in [1.54, 1.807) is 0 Å². The van der Waals surface area contributed by atoms with E-state index in [2.05, 4.69) is 119 Å². The third-order valence-corrected chi connectivity index (χ3v) is 13.1. The minimum atomic E-state index is -0.0362. The molecule has 1 unspecified atom stereocenters. The van der Waals surface area contributed by atoms with E-state index in [-0.39, 0.29) is 11.6 Å². The smallest absolute Gasteiger partial charge is 0.235 e. The molecule has 0 fully saturated rings. The molecule has 1 aliphatic carbocycles. The molecule has 12 rings (SSSR count). The highest BCUT2D eigenvalue weighted by atomic mass is 16.1. The summed E-state index contributed by atoms with van der Waals surface area (Å²) < 4.78 is 4.59. The van der Waals surface area contributed by atoms with Crippen molar-refractivity contribution in [3.63, 3.8) is 0 Å². The first-order chi connectivity index (χ1) is 32.9. The maximum absolute atomic E-state index is 13.4. The Bertz CT molecular complexity index is 3620. The summed E-state index contributed by atoms with van der Waals surface area (Å²) in [5.41, 5.74) is 14.6. The van der Waals surface area contributed by atoms with Crippen LogP contribution in [0.15, 0.2) is 212 Å². The zero-order valence-electron chi connectivity index (χ0n) is 36.7. The van der Waals surface area contributed by atoms with Crippen LogP contribution in [0.5, 0.6) is 0 Å². The number of hydrogen-bond donors (Lipinski definition) is 0. The highest BCUT2D eigenvalue weighted by molar-refractivity contribution is 6.11. The fraction of sp³-hybridized carbons (Fsp3) is 0.0492. The number of para-hydroxylation sites is 2. The summed E-state index contributed by atoms with van der Waals surface area (Å²) in [6.07, 6.45) is 5.36. The summed E-state index contributed by atoms with van der Waals surface area (Å²) in [4.78, 5) is 37.6. The van der Waals surface area contributed by atoms with E-state index >= 15 is 0 Å². The van der Waals surface area contributed by atoms with Crippen LogP contribution in [-0.2, 0) is 6.42 Å². The first-order valence-corrected chi connectivity index (χ1v) is 22.7. The third-order valence-electron chi connectivity index (χ3n) is 13.1. The van der Waals surface area contributed by atoms with Gasteiger partial charge in [0.15, 0.2) is 11.6 Å². The summed E-state index contributed by atoms with van der Waals surface area (Å²) in [7, 11) is 0. The van der Waals surface area contributed by atoms with Gasteiger partial charge in [-0.15, -0.1) is 0 Å². The normalized spacial score (nSPS) is 13.3. The largest absolute Gasteiger partial charge is 0.309 e. The third kappa shape index (κ3) is 7.07. The van der Waals surface area contributed by atoms with E-state index in [0.717, 1.165) is 67.9 Å². The van der Waals surface area contributed by atoms with Crippen LogP contribution >= 0.6 is 0 Å². The maximum Gasteiger partial charge on any atom is 0.235 e. The van der Waals surface area contributed by atoms with Gasteiger partial charge in [-0.3, -0.25) is 14.2 Å². The van der Waals surface area contributed by atoms with Gasteiger partial charge in [0.25, 0.3) is 0 Å². The molecule has 318 valence electrons. The van der Waals surface area contributed by atoms with E-state index in [4.69, 9.17) is 9.97 Å². The number of carbonyl (C=O) groups excluding carboxylic acids is 2. The van der Waals surface area contributed by atoms with Crippen LogP contribution in [0.3, 0.4) is 0 Å². The van der Waals surface area contributed by atoms with Gasteiger partial charge in [-0.2, -0.15) is 0 Å². The van der Waals surface area contributed by atoms with Gasteiger partial charge in [0.05, 0.1) is 27.9 Å². The highest BCUT2D eigenvalue weighted by Crippen LogP contribution is 2.40. The average Bonchev–Trinajstić information content (AvgIpc) is 3.90. The SMILES string of the molecule is CC1C=Cc2c(n(-c3nc(-c4ccc(C(=O)c5ccccc5)cc4)cc(-c4ccc(C(=O)c5ccccc5)cc4)n3)c3cc(-c4ccc5c(c4)c4ccccc4n5-c4ccccc4)ccc23)C1. The Balaban J connectivity index is 1.02. The molecule has 0 aliphatic heterocycles. The van der Waals surface area contributed by atoms with Crippen molar-refractivity contribution in [2.45, 2.75) is 13.3 Å². The molecule has 8 aromatic carbocycles. The van der Waals surface area contributed by atoms with Crippen molar-refractivity contribution < 1.29 is 9.59 Å². The Kier molecular flexibility index (Phi) is 9.72. The first-order valence-electron chi connectivity index (χ1n) is 22.7. The quantitative estimate of drug-likeness (QED) is 0.136. The van der Waals surface area contributed by atoms with Crippen LogP contribution in [0.4, 0.5) is 0 Å². The molecular formula is C61H42N4O2. The Morgan fingerprint density at radius 1 is 0.448 bits per heavy atom. The van der Waals surface area contributed by atoms with E-state index in [1.165, 1.54) is 21.9 Å². The van der Waals surface area contributed by atoms with Crippen LogP contribution in [0.25, 0.3) is 84.1 Å². The number of nitrogens with zero attached hydrogens (tertiary/aromatic N) is 4. The minimum Gasteiger partial charge on any atom is -0.309 e. The van der Waals surface area contributed by atoms with Crippen molar-refractivity contribution in [3.8, 4) is 45.3 Å². The molecule has 3 heterocycles. The lowest BCUT2D eigenvalue weighted by Crippen LogP contribution is -2.11. The fourth-order valence-electron chi connectivity index (χ4n) is 9.73. The molecular weight excluding hydrogens is 821 g/mol. The van der Waals surface area contributed by atoms with Gasteiger partial charge in [0.2, 0.25) is 5.95 Å². The van der Waals surface area contributed by atoms with E-state index in [9.17, 15) is 9.59 Å². The minimum absolute atomic E-state index is 0.0362. The molecule has 0 amide bonds. The van der Waals surface area contributed by atoms with Crippen molar-refractivity contribution >= 4 is 50.4 Å². The van der Waals surface area contributed by atoms with Crippen LogP contribution in [-0.4, -0.2) is 30.7 Å². The summed E-state index contributed by atoms with van der Waals surface area (Å²) >= 11 is 0. The average molecular weight is 863 g/mol. The second kappa shape index (κ2) is 16.4. The molecule has 0 saturated heterocycles. The predicted octanol–water partition coefficient (Wildman–Crippen LogP) is 14.2. The molecule has 11 aromatic rings. The van der Waals surface area contributed by atoms with Gasteiger partial charge >= 0.3 is 0 Å². The Hall–Kier alpha value is -8.74. The highest BCUT2D eigenvalue weighted by Gasteiger charge is 2.25. The molecule has 0 radical (unpaired) electrons. The van der Waals surface area contributed by atoms with Crippen LogP contribution in [0, 0.1) is 5.92 Å². The lowest BCUT2D eigenvalue weighted by Gasteiger charge is -2.17. The molecule has 3 aromatic heterocycles. The lowest BCUT2D eigenvalue weighted by molar-refractivity contribution is 0.103. The number of ketones is 2. The van der Waals surface area contributed by atoms with Gasteiger partial charge in [-0.1, -0.05) is 183 Å². The predicted molar refractivity (Wildman–Crippen MR) is 271 cm³/mol. The van der Waals surface area contributed by atoms with Gasteiger partial charge < -0.3 is 4.57 Å². The first kappa shape index (κ1) is 39.8. The van der Waals surface area contributed by atoms with Crippen molar-refractivity contribution in [3.05, 3.63) is 246 Å². The van der Waals surface area contributed by atoms with E-state index in [1.807, 2.05) is 115 Å². The Morgan fingerprint density at radius 2 is 0.955 bits per heavy atom. The number of carbonyl (C=O) groups is 2. The number of rotatable bonds is 9. The monoisotopic (exact) mass is 862 g/mol. The summed E-state index contributed by atoms with van der Waals surface area (Å²) in [5.74, 6) is 0.789. The number of benzene rings is 8. The van der Waals surface area contributed by atoms with Crippen molar-refractivity contribution in [2.24, 2.45) is 5.92 Å². The number of aromatic nitrogens is 4. The Labute approximate surface area is 387 Å². The topological polar surface area (TPSA) is 69.8 Å². The summed E-state index contributed by atoms with van der Waals surface area (Å²) in [6, 6.07) is 68.7. The molecule has 0 bridgehead atoms. The fourth-order valence-corrected chi connectivity index (χ4v) is 9.73. The maximum atomic E-state index is 13.4. The zero-order valence-corrected chi connectivity index (χ0v) is 36.7. The van der Waals surface area contributed by atoms with Crippen LogP contribution in [0.1, 0.15) is 50.0 Å². The second-order valence-electron chi connectivity index (χ2n) is 17.4. The van der Waals surface area contributed by atoms with Crippen molar-refractivity contribution in [2.75, 3.05) is 0 Å². The zero-order chi connectivity index (χ0) is 45.0. The molecule has 67 heavy (non-hydrogen) atoms. The number of fused-ring (bicyclic) bond motifs is 6. The lowest BCUT2D eigenvalue weighted by atomic mass is 9.94. The van der Waals surface area contributed by atoms with Crippen LogP contribution in [0.2, 0.25) is 0 Å². The van der Waals surface area contributed by atoms with Crippen molar-refractivity contribution in [1.29, 1.82) is 0 Å². The molecule has 1 aliphatic rings. The summed E-state index contributed by atoms with van der Waals surface area (Å²) in [6.45, 7) is 2.24. The van der Waals surface area contributed by atoms with Gasteiger partial charge in [0, 0.05) is 66.5 Å². The Morgan fingerprint density at radius 3 is 1.58 bits per heavy atom. The van der Waals surface area contributed by atoms with E-state index in [0.29, 0.717) is 34.1 Å². The molecule has 6 nitrogen and oxygen atoms in total. The van der Waals surface area contributed by atoms with Gasteiger partial charge in [-0.25, -0.2) is 9.97 Å². The van der Waals surface area contributed by atoms with Crippen molar-refractivity contribution in [1.82, 2.24) is 19.1 Å². The second-order valence-corrected chi connectivity index (χ2v) is 17.4. The summed E-state index contributed by atoms with van der Waals surface area (Å²) in [5, 5.41) is 3.53. The van der Waals surface area contributed by atoms with E-state index < -0.39 is 0 Å². The molecule has 0 saturated carbocycles. The molecule has 0 spiro atoms. The molecule has 0 N–H and O–H groups in total. The number of hydrogen-bond acceptors (Lipinski definition) is 4.